The van der Waals surface area contributed by atoms with Gasteiger partial charge in [0.05, 0.1) is 5.69 Å². The van der Waals surface area contributed by atoms with Crippen LogP contribution in [0.1, 0.15) is 0 Å². The van der Waals surface area contributed by atoms with Crippen LogP contribution in [0.3, 0.4) is 0 Å². The summed E-state index contributed by atoms with van der Waals surface area (Å²) >= 11 is 0. The van der Waals surface area contributed by atoms with Crippen molar-refractivity contribution in [1.82, 2.24) is 0 Å². The molecule has 2 aromatic rings. The fraction of sp³-hybridized carbons (Fsp3) is 0. The summed E-state index contributed by atoms with van der Waals surface area (Å²) in [5.74, 6) is 3.61. The van der Waals surface area contributed by atoms with Crippen LogP contribution < -0.4 is 11.3 Å². The lowest BCUT2D eigenvalue weighted by atomic mass is 10.0. The number of halogens is 3. The Hall–Kier alpha value is -1.65. The second-order valence-electron chi connectivity index (χ2n) is 3.32. The van der Waals surface area contributed by atoms with Crippen LogP contribution in [0.15, 0.2) is 42.5 Å². The standard InChI is InChI=1S/C12H10F2N2.ClH/c13-10-6-5-8(7-11(10)14)9-3-1-2-4-12(9)16-15;/h1-7,16H,15H2;1H. The van der Waals surface area contributed by atoms with E-state index in [1.807, 2.05) is 0 Å². The summed E-state index contributed by atoms with van der Waals surface area (Å²) in [5.41, 5.74) is 4.47. The van der Waals surface area contributed by atoms with Gasteiger partial charge in [-0.05, 0) is 23.8 Å². The lowest BCUT2D eigenvalue weighted by molar-refractivity contribution is 0.509. The Morgan fingerprint density at radius 3 is 2.29 bits per heavy atom. The van der Waals surface area contributed by atoms with E-state index in [4.69, 9.17) is 5.84 Å². The molecule has 0 aliphatic heterocycles. The van der Waals surface area contributed by atoms with Gasteiger partial charge in [0.15, 0.2) is 11.6 Å². The first kappa shape index (κ1) is 13.4. The molecule has 0 bridgehead atoms. The second kappa shape index (κ2) is 5.61. The smallest absolute Gasteiger partial charge is 0.159 e. The van der Waals surface area contributed by atoms with Gasteiger partial charge in [0.1, 0.15) is 0 Å². The minimum Gasteiger partial charge on any atom is -0.324 e. The summed E-state index contributed by atoms with van der Waals surface area (Å²) < 4.78 is 25.9. The first-order valence-corrected chi connectivity index (χ1v) is 4.73. The Morgan fingerprint density at radius 2 is 1.65 bits per heavy atom. The predicted octanol–water partition coefficient (Wildman–Crippen LogP) is 3.34. The molecule has 0 amide bonds. The van der Waals surface area contributed by atoms with E-state index in [0.717, 1.165) is 17.7 Å². The molecule has 0 radical (unpaired) electrons. The maximum Gasteiger partial charge on any atom is 0.159 e. The molecule has 0 fully saturated rings. The van der Waals surface area contributed by atoms with Crippen molar-refractivity contribution in [3.8, 4) is 11.1 Å². The van der Waals surface area contributed by atoms with Gasteiger partial charge in [-0.3, -0.25) is 5.84 Å². The van der Waals surface area contributed by atoms with Crippen LogP contribution in [-0.4, -0.2) is 0 Å². The second-order valence-corrected chi connectivity index (χ2v) is 3.32. The van der Waals surface area contributed by atoms with Gasteiger partial charge in [-0.25, -0.2) is 8.78 Å². The van der Waals surface area contributed by atoms with E-state index in [1.165, 1.54) is 6.07 Å². The van der Waals surface area contributed by atoms with Crippen molar-refractivity contribution < 1.29 is 8.78 Å². The summed E-state index contributed by atoms with van der Waals surface area (Å²) in [5, 5.41) is 0. The molecule has 0 aromatic heterocycles. The minimum atomic E-state index is -0.871. The van der Waals surface area contributed by atoms with E-state index >= 15 is 0 Å². The summed E-state index contributed by atoms with van der Waals surface area (Å²) in [7, 11) is 0. The van der Waals surface area contributed by atoms with E-state index in [9.17, 15) is 8.78 Å². The van der Waals surface area contributed by atoms with Crippen LogP contribution in [0.4, 0.5) is 14.5 Å². The maximum atomic E-state index is 13.1. The van der Waals surface area contributed by atoms with E-state index in [-0.39, 0.29) is 12.4 Å². The van der Waals surface area contributed by atoms with Crippen molar-refractivity contribution in [2.75, 3.05) is 5.43 Å². The van der Waals surface area contributed by atoms with Gasteiger partial charge in [0.25, 0.3) is 0 Å². The molecule has 2 rings (SSSR count). The number of rotatable bonds is 2. The van der Waals surface area contributed by atoms with E-state index < -0.39 is 11.6 Å². The Morgan fingerprint density at radius 1 is 0.941 bits per heavy atom. The number of nitrogens with one attached hydrogen (secondary N) is 1. The van der Waals surface area contributed by atoms with Crippen molar-refractivity contribution in [3.63, 3.8) is 0 Å². The zero-order chi connectivity index (χ0) is 11.5. The van der Waals surface area contributed by atoms with Crippen LogP contribution in [-0.2, 0) is 0 Å². The molecule has 0 atom stereocenters. The van der Waals surface area contributed by atoms with Crippen LogP contribution in [0.25, 0.3) is 11.1 Å². The highest BCUT2D eigenvalue weighted by atomic mass is 35.5. The average Bonchev–Trinajstić information content (AvgIpc) is 2.32. The molecule has 17 heavy (non-hydrogen) atoms. The predicted molar refractivity (Wildman–Crippen MR) is 66.9 cm³/mol. The maximum absolute atomic E-state index is 13.1. The first-order chi connectivity index (χ1) is 7.72. The zero-order valence-electron chi connectivity index (χ0n) is 8.78. The molecular weight excluding hydrogens is 246 g/mol. The molecule has 0 heterocycles. The fourth-order valence-corrected chi connectivity index (χ4v) is 1.52. The van der Waals surface area contributed by atoms with Gasteiger partial charge in [-0.15, -0.1) is 12.4 Å². The van der Waals surface area contributed by atoms with E-state index in [2.05, 4.69) is 5.43 Å². The molecule has 90 valence electrons. The molecule has 5 heteroatoms. The summed E-state index contributed by atoms with van der Waals surface area (Å²) in [6.45, 7) is 0. The number of para-hydroxylation sites is 1. The number of nitrogen functional groups attached to an aromatic ring is 1. The van der Waals surface area contributed by atoms with Gasteiger partial charge < -0.3 is 5.43 Å². The lowest BCUT2D eigenvalue weighted by Gasteiger charge is -2.08. The Balaban J connectivity index is 0.00000144. The SMILES string of the molecule is Cl.NNc1ccccc1-c1ccc(F)c(F)c1. The van der Waals surface area contributed by atoms with Crippen LogP contribution in [0, 0.1) is 11.6 Å². The zero-order valence-corrected chi connectivity index (χ0v) is 9.60. The molecule has 2 aromatic carbocycles. The number of benzene rings is 2. The van der Waals surface area contributed by atoms with Crippen molar-refractivity contribution in [1.29, 1.82) is 0 Å². The van der Waals surface area contributed by atoms with Crippen LogP contribution in [0.2, 0.25) is 0 Å². The van der Waals surface area contributed by atoms with Gasteiger partial charge in [0, 0.05) is 5.56 Å². The van der Waals surface area contributed by atoms with Crippen molar-refractivity contribution >= 4 is 18.1 Å². The number of anilines is 1. The highest BCUT2D eigenvalue weighted by Crippen LogP contribution is 2.27. The molecule has 0 aliphatic carbocycles. The third-order valence-electron chi connectivity index (χ3n) is 2.31. The highest BCUT2D eigenvalue weighted by molar-refractivity contribution is 5.85. The molecule has 0 aliphatic rings. The van der Waals surface area contributed by atoms with E-state index in [0.29, 0.717) is 11.3 Å². The third-order valence-corrected chi connectivity index (χ3v) is 2.31. The topological polar surface area (TPSA) is 38.0 Å². The summed E-state index contributed by atoms with van der Waals surface area (Å²) in [4.78, 5) is 0. The van der Waals surface area contributed by atoms with Crippen LogP contribution in [0.5, 0.6) is 0 Å². The Kier molecular flexibility index (Phi) is 4.43. The lowest BCUT2D eigenvalue weighted by Crippen LogP contribution is -2.07. The number of hydrogen-bond donors (Lipinski definition) is 2. The molecular formula is C12H11ClF2N2. The third kappa shape index (κ3) is 2.72. The first-order valence-electron chi connectivity index (χ1n) is 4.73. The molecule has 0 saturated carbocycles. The van der Waals surface area contributed by atoms with Crippen molar-refractivity contribution in [2.24, 2.45) is 5.84 Å². The molecule has 3 N–H and O–H groups in total. The van der Waals surface area contributed by atoms with Gasteiger partial charge >= 0.3 is 0 Å². The highest BCUT2D eigenvalue weighted by Gasteiger charge is 2.07. The number of nitrogens with two attached hydrogens (primary N) is 1. The molecule has 2 nitrogen and oxygen atoms in total. The van der Waals surface area contributed by atoms with Crippen molar-refractivity contribution in [3.05, 3.63) is 54.1 Å². The van der Waals surface area contributed by atoms with Crippen LogP contribution >= 0.6 is 12.4 Å². The van der Waals surface area contributed by atoms with Gasteiger partial charge in [0.2, 0.25) is 0 Å². The summed E-state index contributed by atoms with van der Waals surface area (Å²) in [6, 6.07) is 10.9. The number of hydrogen-bond acceptors (Lipinski definition) is 2. The Bertz CT molecular complexity index is 518. The summed E-state index contributed by atoms with van der Waals surface area (Å²) in [6.07, 6.45) is 0. The van der Waals surface area contributed by atoms with Gasteiger partial charge in [-0.2, -0.15) is 0 Å². The Labute approximate surface area is 104 Å². The van der Waals surface area contributed by atoms with E-state index in [1.54, 1.807) is 24.3 Å². The quantitative estimate of drug-likeness (QED) is 0.639. The molecule has 0 spiro atoms. The molecule has 0 saturated heterocycles. The molecule has 0 unspecified atom stereocenters. The minimum absolute atomic E-state index is 0. The largest absolute Gasteiger partial charge is 0.324 e. The van der Waals surface area contributed by atoms with Gasteiger partial charge in [-0.1, -0.05) is 24.3 Å². The normalized spacial score (nSPS) is 9.59. The number of hydrazine groups is 1. The monoisotopic (exact) mass is 256 g/mol. The fourth-order valence-electron chi connectivity index (χ4n) is 1.52. The average molecular weight is 257 g/mol. The van der Waals surface area contributed by atoms with Crippen molar-refractivity contribution in [2.45, 2.75) is 0 Å².